The number of hydrogen-bond donors (Lipinski definition) is 1. The first-order valence-electron chi connectivity index (χ1n) is 5.41. The van der Waals surface area contributed by atoms with Gasteiger partial charge in [0, 0.05) is 26.1 Å². The van der Waals surface area contributed by atoms with Gasteiger partial charge in [-0.15, -0.1) is 0 Å². The van der Waals surface area contributed by atoms with E-state index in [4.69, 9.17) is 10.5 Å². The minimum absolute atomic E-state index is 0.153. The fraction of sp³-hybridized carbons (Fsp3) is 0.909. The number of nitrogens with two attached hydrogens (primary N) is 1. The predicted molar refractivity (Wildman–Crippen MR) is 59.5 cm³/mol. The third kappa shape index (κ3) is 4.18. The Balaban J connectivity index is 2.55. The van der Waals surface area contributed by atoms with Gasteiger partial charge in [-0.1, -0.05) is 0 Å². The molecular weight excluding hydrogens is 192 g/mol. The molecule has 1 aliphatic heterocycles. The average Bonchev–Trinajstić information content (AvgIpc) is 1.94. The first-order chi connectivity index (χ1) is 6.70. The molecule has 0 unspecified atom stereocenters. The molecule has 1 saturated heterocycles. The summed E-state index contributed by atoms with van der Waals surface area (Å²) in [5.41, 5.74) is 4.84. The summed E-state index contributed by atoms with van der Waals surface area (Å²) in [6.07, 6.45) is 0.423. The van der Waals surface area contributed by atoms with E-state index in [0.29, 0.717) is 6.42 Å². The van der Waals surface area contributed by atoms with Gasteiger partial charge in [-0.3, -0.25) is 9.69 Å². The van der Waals surface area contributed by atoms with Crippen molar-refractivity contribution >= 4 is 5.91 Å². The number of carbonyl (C=O) groups excluding carboxylic acids is 1. The van der Waals surface area contributed by atoms with Gasteiger partial charge in [0.25, 0.3) is 0 Å². The highest BCUT2D eigenvalue weighted by Gasteiger charge is 2.37. The van der Waals surface area contributed by atoms with Gasteiger partial charge >= 0.3 is 0 Å². The van der Waals surface area contributed by atoms with E-state index in [-0.39, 0.29) is 17.1 Å². The topological polar surface area (TPSA) is 55.6 Å². The molecule has 0 aromatic heterocycles. The van der Waals surface area contributed by atoms with Crippen LogP contribution in [0.5, 0.6) is 0 Å². The van der Waals surface area contributed by atoms with Gasteiger partial charge in [0.2, 0.25) is 5.91 Å². The molecule has 1 heterocycles. The van der Waals surface area contributed by atoms with Crippen molar-refractivity contribution < 1.29 is 9.53 Å². The van der Waals surface area contributed by atoms with Gasteiger partial charge in [0.15, 0.2) is 0 Å². The standard InChI is InChI=1S/C11H22N2O2/c1-10(2)7-13(6-5-9(12)14)8-11(3,4)15-10/h5-8H2,1-4H3,(H2,12,14). The summed E-state index contributed by atoms with van der Waals surface area (Å²) in [6.45, 7) is 10.7. The fourth-order valence-corrected chi connectivity index (χ4v) is 2.37. The molecule has 15 heavy (non-hydrogen) atoms. The summed E-state index contributed by atoms with van der Waals surface area (Å²) < 4.78 is 5.94. The second kappa shape index (κ2) is 4.10. The minimum Gasteiger partial charge on any atom is -0.370 e. The van der Waals surface area contributed by atoms with Gasteiger partial charge in [-0.25, -0.2) is 0 Å². The Labute approximate surface area is 91.8 Å². The van der Waals surface area contributed by atoms with E-state index in [1.165, 1.54) is 0 Å². The average molecular weight is 214 g/mol. The molecule has 2 N–H and O–H groups in total. The number of nitrogens with zero attached hydrogens (tertiary/aromatic N) is 1. The van der Waals surface area contributed by atoms with Crippen molar-refractivity contribution in [2.75, 3.05) is 19.6 Å². The van der Waals surface area contributed by atoms with Crippen LogP contribution in [0.15, 0.2) is 0 Å². The van der Waals surface area contributed by atoms with E-state index in [9.17, 15) is 4.79 Å². The molecule has 88 valence electrons. The van der Waals surface area contributed by atoms with Crippen LogP contribution in [0.3, 0.4) is 0 Å². The Morgan fingerprint density at radius 2 is 1.73 bits per heavy atom. The Kier molecular flexibility index (Phi) is 3.41. The first-order valence-corrected chi connectivity index (χ1v) is 5.41. The molecule has 1 aliphatic rings. The first kappa shape index (κ1) is 12.5. The van der Waals surface area contributed by atoms with Crippen LogP contribution in [0.25, 0.3) is 0 Å². The maximum atomic E-state index is 10.7. The molecule has 1 fully saturated rings. The van der Waals surface area contributed by atoms with E-state index in [2.05, 4.69) is 32.6 Å². The number of hydrogen-bond acceptors (Lipinski definition) is 3. The van der Waals surface area contributed by atoms with Crippen molar-refractivity contribution in [3.63, 3.8) is 0 Å². The molecule has 0 spiro atoms. The Morgan fingerprint density at radius 3 is 2.13 bits per heavy atom. The van der Waals surface area contributed by atoms with Gasteiger partial charge in [-0.05, 0) is 27.7 Å². The molecule has 1 rings (SSSR count). The van der Waals surface area contributed by atoms with Crippen molar-refractivity contribution in [2.24, 2.45) is 5.73 Å². The molecule has 0 aromatic carbocycles. The Morgan fingerprint density at radius 1 is 1.27 bits per heavy atom. The highest BCUT2D eigenvalue weighted by Crippen LogP contribution is 2.27. The molecule has 0 aliphatic carbocycles. The molecule has 0 atom stereocenters. The largest absolute Gasteiger partial charge is 0.370 e. The van der Waals surface area contributed by atoms with Gasteiger partial charge in [0.05, 0.1) is 11.2 Å². The second-order valence-electron chi connectivity index (χ2n) is 5.55. The lowest BCUT2D eigenvalue weighted by molar-refractivity contribution is -0.180. The maximum absolute atomic E-state index is 10.7. The number of primary amides is 1. The van der Waals surface area contributed by atoms with Crippen LogP contribution in [0.2, 0.25) is 0 Å². The minimum atomic E-state index is -0.239. The highest BCUT2D eigenvalue weighted by atomic mass is 16.5. The summed E-state index contributed by atoms with van der Waals surface area (Å²) in [5, 5.41) is 0. The zero-order chi connectivity index (χ0) is 11.7. The fourth-order valence-electron chi connectivity index (χ4n) is 2.37. The highest BCUT2D eigenvalue weighted by molar-refractivity contribution is 5.73. The van der Waals surface area contributed by atoms with Crippen molar-refractivity contribution in [3.8, 4) is 0 Å². The Bertz CT molecular complexity index is 233. The van der Waals surface area contributed by atoms with Gasteiger partial charge < -0.3 is 10.5 Å². The van der Waals surface area contributed by atoms with Gasteiger partial charge in [-0.2, -0.15) is 0 Å². The van der Waals surface area contributed by atoms with Crippen LogP contribution < -0.4 is 5.73 Å². The van der Waals surface area contributed by atoms with E-state index in [1.54, 1.807) is 0 Å². The summed E-state index contributed by atoms with van der Waals surface area (Å²) in [6, 6.07) is 0. The molecule has 1 amide bonds. The number of rotatable bonds is 3. The summed E-state index contributed by atoms with van der Waals surface area (Å²) in [5.74, 6) is -0.239. The van der Waals surface area contributed by atoms with E-state index < -0.39 is 0 Å². The summed E-state index contributed by atoms with van der Waals surface area (Å²) in [7, 11) is 0. The lowest BCUT2D eigenvalue weighted by Crippen LogP contribution is -2.57. The molecule has 0 bridgehead atoms. The maximum Gasteiger partial charge on any atom is 0.218 e. The Hall–Kier alpha value is -0.610. The van der Waals surface area contributed by atoms with Crippen molar-refractivity contribution in [2.45, 2.75) is 45.3 Å². The molecule has 0 radical (unpaired) electrons. The van der Waals surface area contributed by atoms with Gasteiger partial charge in [0.1, 0.15) is 0 Å². The van der Waals surface area contributed by atoms with Crippen molar-refractivity contribution in [1.29, 1.82) is 0 Å². The zero-order valence-corrected chi connectivity index (χ0v) is 10.2. The monoisotopic (exact) mass is 214 g/mol. The quantitative estimate of drug-likeness (QED) is 0.754. The smallest absolute Gasteiger partial charge is 0.218 e. The van der Waals surface area contributed by atoms with Crippen LogP contribution in [0, 0.1) is 0 Å². The third-order valence-corrected chi connectivity index (χ3v) is 2.44. The van der Waals surface area contributed by atoms with Crippen LogP contribution in [0.4, 0.5) is 0 Å². The summed E-state index contributed by atoms with van der Waals surface area (Å²) >= 11 is 0. The predicted octanol–water partition coefficient (Wildman–Crippen LogP) is 0.751. The lowest BCUT2D eigenvalue weighted by Gasteiger charge is -2.47. The molecular formula is C11H22N2O2. The lowest BCUT2D eigenvalue weighted by atomic mass is 9.99. The summed E-state index contributed by atoms with van der Waals surface area (Å²) in [4.78, 5) is 13.0. The van der Waals surface area contributed by atoms with Crippen LogP contribution in [-0.2, 0) is 9.53 Å². The number of morpholine rings is 1. The van der Waals surface area contributed by atoms with Crippen molar-refractivity contribution in [1.82, 2.24) is 4.90 Å². The van der Waals surface area contributed by atoms with Crippen molar-refractivity contribution in [3.05, 3.63) is 0 Å². The molecule has 0 aromatic rings. The molecule has 4 heteroatoms. The normalized spacial score (nSPS) is 25.1. The number of ether oxygens (including phenoxy) is 1. The van der Waals surface area contributed by atoms with Crippen LogP contribution in [0.1, 0.15) is 34.1 Å². The number of amides is 1. The zero-order valence-electron chi connectivity index (χ0n) is 10.2. The van der Waals surface area contributed by atoms with Crippen LogP contribution in [-0.4, -0.2) is 41.6 Å². The van der Waals surface area contributed by atoms with E-state index in [0.717, 1.165) is 19.6 Å². The van der Waals surface area contributed by atoms with Crippen LogP contribution >= 0.6 is 0 Å². The second-order valence-corrected chi connectivity index (χ2v) is 5.55. The van der Waals surface area contributed by atoms with E-state index >= 15 is 0 Å². The SMILES string of the molecule is CC1(C)CN(CCC(N)=O)CC(C)(C)O1. The molecule has 0 saturated carbocycles. The third-order valence-electron chi connectivity index (χ3n) is 2.44. The number of carbonyl (C=O) groups is 1. The molecule has 4 nitrogen and oxygen atoms in total. The van der Waals surface area contributed by atoms with E-state index in [1.807, 2.05) is 0 Å².